The Morgan fingerprint density at radius 2 is 1.50 bits per heavy atom. The summed E-state index contributed by atoms with van der Waals surface area (Å²) in [6.07, 6.45) is 9.50. The minimum Gasteiger partial charge on any atom is -0.0808 e. The first-order valence-corrected chi connectivity index (χ1v) is 1.82. The SMILES string of the molecule is C1=CCC=C1.[Tm]. The summed E-state index contributed by atoms with van der Waals surface area (Å²) in [5.41, 5.74) is 0. The molecule has 0 N–H and O–H groups in total. The molecule has 1 radical (unpaired) electrons. The summed E-state index contributed by atoms with van der Waals surface area (Å²) in [6, 6.07) is 0. The van der Waals surface area contributed by atoms with E-state index in [9.17, 15) is 0 Å². The van der Waals surface area contributed by atoms with Crippen molar-refractivity contribution in [2.75, 3.05) is 0 Å². The standard InChI is InChI=1S/C5H6.Tm/c1-2-4-5-3-1;/h1-4H,5H2;. The van der Waals surface area contributed by atoms with Crippen LogP contribution in [0.5, 0.6) is 0 Å². The predicted octanol–water partition coefficient (Wildman–Crippen LogP) is 1.50. The van der Waals surface area contributed by atoms with Crippen molar-refractivity contribution in [2.45, 2.75) is 6.42 Å². The molecule has 0 atom stereocenters. The van der Waals surface area contributed by atoms with Crippen LogP contribution in [0.3, 0.4) is 0 Å². The summed E-state index contributed by atoms with van der Waals surface area (Å²) in [4.78, 5) is 0. The van der Waals surface area contributed by atoms with Gasteiger partial charge in [-0.25, -0.2) is 0 Å². The molecule has 0 amide bonds. The van der Waals surface area contributed by atoms with Crippen molar-refractivity contribution < 1.29 is 36.9 Å². The molecule has 0 aliphatic heterocycles. The molecule has 1 heteroatoms. The summed E-state index contributed by atoms with van der Waals surface area (Å²) < 4.78 is 0. The quantitative estimate of drug-likeness (QED) is 0.596. The Balaban J connectivity index is 0.000000250. The summed E-state index contributed by atoms with van der Waals surface area (Å²) in [5, 5.41) is 0. The molecule has 1 rings (SSSR count). The summed E-state index contributed by atoms with van der Waals surface area (Å²) in [6.45, 7) is 0. The molecule has 0 nitrogen and oxygen atoms in total. The fraction of sp³-hybridized carbons (Fsp3) is 0.200. The van der Waals surface area contributed by atoms with Crippen LogP contribution < -0.4 is 0 Å². The Morgan fingerprint density at radius 3 is 1.67 bits per heavy atom. The van der Waals surface area contributed by atoms with E-state index in [1.54, 1.807) is 0 Å². The van der Waals surface area contributed by atoms with Gasteiger partial charge in [0.05, 0.1) is 0 Å². The number of hydrogen-bond donors (Lipinski definition) is 0. The van der Waals surface area contributed by atoms with Crippen molar-refractivity contribution in [1.29, 1.82) is 0 Å². The van der Waals surface area contributed by atoms with Gasteiger partial charge in [0.25, 0.3) is 0 Å². The van der Waals surface area contributed by atoms with Crippen LogP contribution in [0.1, 0.15) is 6.42 Å². The largest absolute Gasteiger partial charge is 0.0808 e. The third kappa shape index (κ3) is 1.99. The minimum absolute atomic E-state index is 0. The van der Waals surface area contributed by atoms with E-state index in [1.807, 2.05) is 0 Å². The minimum atomic E-state index is 0. The molecule has 0 fully saturated rings. The predicted molar refractivity (Wildman–Crippen MR) is 22.9 cm³/mol. The molecule has 0 bridgehead atoms. The zero-order valence-corrected chi connectivity index (χ0v) is 5.07. The molecule has 1 aliphatic rings. The van der Waals surface area contributed by atoms with Crippen molar-refractivity contribution in [1.82, 2.24) is 0 Å². The van der Waals surface area contributed by atoms with Crippen LogP contribution in [-0.4, -0.2) is 0 Å². The van der Waals surface area contributed by atoms with Gasteiger partial charge < -0.3 is 0 Å². The van der Waals surface area contributed by atoms with Gasteiger partial charge in [0.2, 0.25) is 0 Å². The molecule has 0 spiro atoms. The van der Waals surface area contributed by atoms with Gasteiger partial charge in [0.15, 0.2) is 0 Å². The second-order valence-electron chi connectivity index (χ2n) is 1.09. The normalized spacial score (nSPS) is 14.7. The molecule has 0 aromatic rings. The van der Waals surface area contributed by atoms with Gasteiger partial charge in [0, 0.05) is 36.9 Å². The Bertz CT molecular complexity index is 62.0. The Morgan fingerprint density at radius 1 is 1.00 bits per heavy atom. The zero-order chi connectivity index (χ0) is 3.54. The van der Waals surface area contributed by atoms with Crippen molar-refractivity contribution in [3.05, 3.63) is 24.3 Å². The maximum atomic E-state index is 2.12. The van der Waals surface area contributed by atoms with E-state index in [0.29, 0.717) is 0 Å². The second kappa shape index (κ2) is 3.89. The number of hydrogen-bond acceptors (Lipinski definition) is 0. The summed E-state index contributed by atoms with van der Waals surface area (Å²) in [5.74, 6) is 0. The summed E-state index contributed by atoms with van der Waals surface area (Å²) in [7, 11) is 0. The van der Waals surface area contributed by atoms with E-state index in [1.165, 1.54) is 0 Å². The molecule has 6 heavy (non-hydrogen) atoms. The van der Waals surface area contributed by atoms with Crippen molar-refractivity contribution in [3.8, 4) is 0 Å². The van der Waals surface area contributed by atoms with Crippen LogP contribution in [0, 0.1) is 36.9 Å². The van der Waals surface area contributed by atoms with E-state index in [0.717, 1.165) is 6.42 Å². The van der Waals surface area contributed by atoms with Crippen LogP contribution in [0.15, 0.2) is 24.3 Å². The summed E-state index contributed by atoms with van der Waals surface area (Å²) >= 11 is 0. The molecule has 0 aromatic carbocycles. The van der Waals surface area contributed by atoms with Gasteiger partial charge in [-0.05, 0) is 6.42 Å². The fourth-order valence-corrected chi connectivity index (χ4v) is 0.393. The van der Waals surface area contributed by atoms with Crippen LogP contribution in [-0.2, 0) is 0 Å². The van der Waals surface area contributed by atoms with E-state index >= 15 is 0 Å². The third-order valence-corrected chi connectivity index (χ3v) is 0.655. The first-order chi connectivity index (χ1) is 2.50. The molecule has 1 aliphatic carbocycles. The molecule has 39 valence electrons. The average molecular weight is 235 g/mol. The smallest absolute Gasteiger partial charge is 0 e. The van der Waals surface area contributed by atoms with Gasteiger partial charge in [-0.3, -0.25) is 0 Å². The monoisotopic (exact) mass is 235 g/mol. The Labute approximate surface area is 67.1 Å². The zero-order valence-electron chi connectivity index (χ0n) is 3.29. The Hall–Kier alpha value is 0.714. The van der Waals surface area contributed by atoms with Gasteiger partial charge in [-0.1, -0.05) is 24.3 Å². The van der Waals surface area contributed by atoms with Crippen LogP contribution in [0.4, 0.5) is 0 Å². The van der Waals surface area contributed by atoms with Gasteiger partial charge in [0.1, 0.15) is 0 Å². The Kier molecular flexibility index (Phi) is 4.35. The maximum Gasteiger partial charge on any atom is 0 e. The molecular formula is C5H6Tm. The van der Waals surface area contributed by atoms with Crippen molar-refractivity contribution in [3.63, 3.8) is 0 Å². The topological polar surface area (TPSA) is 0 Å². The van der Waals surface area contributed by atoms with E-state index in [2.05, 4.69) is 24.3 Å². The molecule has 0 saturated heterocycles. The maximum absolute atomic E-state index is 2.12. The van der Waals surface area contributed by atoms with Crippen molar-refractivity contribution in [2.24, 2.45) is 0 Å². The van der Waals surface area contributed by atoms with E-state index in [-0.39, 0.29) is 36.9 Å². The van der Waals surface area contributed by atoms with Gasteiger partial charge in [-0.15, -0.1) is 0 Å². The first kappa shape index (κ1) is 6.71. The first-order valence-electron chi connectivity index (χ1n) is 1.82. The third-order valence-electron chi connectivity index (χ3n) is 0.655. The van der Waals surface area contributed by atoms with Gasteiger partial charge in [-0.2, -0.15) is 0 Å². The second-order valence-corrected chi connectivity index (χ2v) is 1.09. The van der Waals surface area contributed by atoms with E-state index < -0.39 is 0 Å². The van der Waals surface area contributed by atoms with Crippen molar-refractivity contribution >= 4 is 0 Å². The van der Waals surface area contributed by atoms with Crippen LogP contribution in [0.2, 0.25) is 0 Å². The number of allylic oxidation sites excluding steroid dienone is 4. The molecule has 0 saturated carbocycles. The van der Waals surface area contributed by atoms with E-state index in [4.69, 9.17) is 0 Å². The number of rotatable bonds is 0. The average Bonchev–Trinajstić information content (AvgIpc) is 1.76. The molecule has 0 unspecified atom stereocenters. The molecule has 0 heterocycles. The van der Waals surface area contributed by atoms with Crippen LogP contribution >= 0.6 is 0 Å². The van der Waals surface area contributed by atoms with Crippen LogP contribution in [0.25, 0.3) is 0 Å². The van der Waals surface area contributed by atoms with Gasteiger partial charge >= 0.3 is 0 Å². The molecular weight excluding hydrogens is 229 g/mol. The molecule has 0 aromatic heterocycles. The fourth-order valence-electron chi connectivity index (χ4n) is 0.393.